The summed E-state index contributed by atoms with van der Waals surface area (Å²) in [6, 6.07) is 15.1. The van der Waals surface area contributed by atoms with Crippen LogP contribution in [0.1, 0.15) is 0 Å². The zero-order valence-corrected chi connectivity index (χ0v) is 14.0. The van der Waals surface area contributed by atoms with Crippen molar-refractivity contribution in [1.29, 1.82) is 0 Å². The fourth-order valence-electron chi connectivity index (χ4n) is 2.81. The number of oxime groups is 1. The number of fused-ring (bicyclic) bond motifs is 1. The van der Waals surface area contributed by atoms with Crippen molar-refractivity contribution >= 4 is 28.7 Å². The van der Waals surface area contributed by atoms with Crippen LogP contribution in [0.4, 0.5) is 17.1 Å². The van der Waals surface area contributed by atoms with E-state index in [4.69, 9.17) is 9.47 Å². The summed E-state index contributed by atoms with van der Waals surface area (Å²) in [5.41, 5.74) is 2.31. The highest BCUT2D eigenvalue weighted by Crippen LogP contribution is 2.39. The SMILES string of the molecule is COCN1C(=O)/C(=N/O)CN(c2ccccc2)c2ccc(OC)cc21. The third kappa shape index (κ3) is 3.14. The van der Waals surface area contributed by atoms with Gasteiger partial charge in [-0.05, 0) is 24.3 Å². The van der Waals surface area contributed by atoms with E-state index in [1.807, 2.05) is 47.4 Å². The Morgan fingerprint density at radius 3 is 2.52 bits per heavy atom. The molecule has 0 saturated heterocycles. The van der Waals surface area contributed by atoms with Gasteiger partial charge in [-0.25, -0.2) is 0 Å². The molecule has 7 nitrogen and oxygen atoms in total. The normalized spacial score (nSPS) is 15.9. The summed E-state index contributed by atoms with van der Waals surface area (Å²) in [6.45, 7) is 0.166. The number of amides is 1. The Morgan fingerprint density at radius 2 is 1.88 bits per heavy atom. The lowest BCUT2D eigenvalue weighted by molar-refractivity contribution is -0.113. The largest absolute Gasteiger partial charge is 0.497 e. The number of benzene rings is 2. The van der Waals surface area contributed by atoms with Crippen molar-refractivity contribution in [2.45, 2.75) is 0 Å². The summed E-state index contributed by atoms with van der Waals surface area (Å²) in [7, 11) is 3.07. The molecule has 0 radical (unpaired) electrons. The number of carbonyl (C=O) groups is 1. The van der Waals surface area contributed by atoms with E-state index in [2.05, 4.69) is 5.16 Å². The number of hydrogen-bond acceptors (Lipinski definition) is 6. The van der Waals surface area contributed by atoms with Crippen LogP contribution in [-0.4, -0.2) is 44.3 Å². The van der Waals surface area contributed by atoms with Gasteiger partial charge in [0, 0.05) is 18.9 Å². The molecule has 1 aliphatic heterocycles. The second kappa shape index (κ2) is 7.23. The molecular formula is C18H19N3O4. The van der Waals surface area contributed by atoms with Gasteiger partial charge in [0.05, 0.1) is 25.0 Å². The maximum atomic E-state index is 12.8. The van der Waals surface area contributed by atoms with Crippen molar-refractivity contribution in [3.63, 3.8) is 0 Å². The Labute approximate surface area is 145 Å². The van der Waals surface area contributed by atoms with Crippen molar-refractivity contribution in [3.05, 3.63) is 48.5 Å². The second-order valence-corrected chi connectivity index (χ2v) is 5.47. The minimum atomic E-state index is -0.419. The minimum absolute atomic E-state index is 0.0241. The van der Waals surface area contributed by atoms with Gasteiger partial charge in [0.1, 0.15) is 12.5 Å². The highest BCUT2D eigenvalue weighted by Gasteiger charge is 2.32. The predicted octanol–water partition coefficient (Wildman–Crippen LogP) is 2.61. The Balaban J connectivity index is 2.21. The number of hydrogen-bond donors (Lipinski definition) is 1. The van der Waals surface area contributed by atoms with Crippen LogP contribution in [0.5, 0.6) is 5.75 Å². The topological polar surface area (TPSA) is 74.6 Å². The monoisotopic (exact) mass is 341 g/mol. The number of para-hydroxylation sites is 1. The number of rotatable bonds is 4. The fraction of sp³-hybridized carbons (Fsp3) is 0.222. The van der Waals surface area contributed by atoms with Gasteiger partial charge in [-0.15, -0.1) is 0 Å². The molecule has 25 heavy (non-hydrogen) atoms. The van der Waals surface area contributed by atoms with Gasteiger partial charge >= 0.3 is 0 Å². The molecule has 0 fully saturated rings. The van der Waals surface area contributed by atoms with Gasteiger partial charge in [0.25, 0.3) is 5.91 Å². The first-order chi connectivity index (χ1) is 12.2. The molecule has 0 spiro atoms. The zero-order valence-electron chi connectivity index (χ0n) is 14.0. The summed E-state index contributed by atoms with van der Waals surface area (Å²) in [4.78, 5) is 16.1. The molecule has 130 valence electrons. The highest BCUT2D eigenvalue weighted by molar-refractivity contribution is 6.45. The summed E-state index contributed by atoms with van der Waals surface area (Å²) < 4.78 is 10.5. The molecule has 0 aromatic heterocycles. The maximum absolute atomic E-state index is 12.8. The number of nitrogens with zero attached hydrogens (tertiary/aromatic N) is 3. The first-order valence-electron chi connectivity index (χ1n) is 7.72. The Kier molecular flexibility index (Phi) is 4.85. The number of anilines is 3. The molecule has 0 saturated carbocycles. The molecule has 1 heterocycles. The van der Waals surface area contributed by atoms with E-state index < -0.39 is 5.91 Å². The third-order valence-electron chi connectivity index (χ3n) is 4.01. The van der Waals surface area contributed by atoms with Crippen molar-refractivity contribution < 1.29 is 19.5 Å². The molecule has 3 rings (SSSR count). The maximum Gasteiger partial charge on any atom is 0.279 e. The molecule has 7 heteroatoms. The van der Waals surface area contributed by atoms with E-state index in [0.717, 1.165) is 11.4 Å². The molecular weight excluding hydrogens is 322 g/mol. The number of methoxy groups -OCH3 is 2. The number of carbonyl (C=O) groups excluding carboxylic acids is 1. The van der Waals surface area contributed by atoms with Gasteiger partial charge in [0.15, 0.2) is 5.71 Å². The average Bonchev–Trinajstić information content (AvgIpc) is 2.77. The summed E-state index contributed by atoms with van der Waals surface area (Å²) in [5.74, 6) is 0.197. The van der Waals surface area contributed by atoms with E-state index in [1.165, 1.54) is 12.0 Å². The number of ether oxygens (including phenoxy) is 2. The van der Waals surface area contributed by atoms with Crippen molar-refractivity contribution in [1.82, 2.24) is 0 Å². The molecule has 1 N–H and O–H groups in total. The van der Waals surface area contributed by atoms with Gasteiger partial charge in [-0.2, -0.15) is 0 Å². The van der Waals surface area contributed by atoms with Crippen LogP contribution in [0.3, 0.4) is 0 Å². The van der Waals surface area contributed by atoms with Crippen LogP contribution >= 0.6 is 0 Å². The second-order valence-electron chi connectivity index (χ2n) is 5.47. The van der Waals surface area contributed by atoms with Crippen LogP contribution in [0, 0.1) is 0 Å². The smallest absolute Gasteiger partial charge is 0.279 e. The molecule has 1 aliphatic rings. The molecule has 1 amide bonds. The van der Waals surface area contributed by atoms with E-state index in [-0.39, 0.29) is 19.0 Å². The quantitative estimate of drug-likeness (QED) is 0.683. The van der Waals surface area contributed by atoms with Crippen LogP contribution in [0.15, 0.2) is 53.7 Å². The Morgan fingerprint density at radius 1 is 1.12 bits per heavy atom. The molecule has 2 aromatic carbocycles. The molecule has 0 bridgehead atoms. The van der Waals surface area contributed by atoms with Crippen LogP contribution in [-0.2, 0) is 9.53 Å². The third-order valence-corrected chi connectivity index (χ3v) is 4.01. The van der Waals surface area contributed by atoms with E-state index in [9.17, 15) is 10.0 Å². The van der Waals surface area contributed by atoms with Gasteiger partial charge in [0.2, 0.25) is 0 Å². The lowest BCUT2D eigenvalue weighted by Gasteiger charge is -2.26. The standard InChI is InChI=1S/C18H19N3O4/c1-24-12-21-17-10-14(25-2)8-9-16(17)20(11-15(19-23)18(21)22)13-6-4-3-5-7-13/h3-10,23H,11-12H2,1-2H3/b19-15+. The average molecular weight is 341 g/mol. The van der Waals surface area contributed by atoms with E-state index in [1.54, 1.807) is 13.2 Å². The van der Waals surface area contributed by atoms with E-state index >= 15 is 0 Å². The van der Waals surface area contributed by atoms with Crippen molar-refractivity contribution in [3.8, 4) is 5.75 Å². The minimum Gasteiger partial charge on any atom is -0.497 e. The summed E-state index contributed by atoms with van der Waals surface area (Å²) in [5, 5.41) is 12.6. The van der Waals surface area contributed by atoms with Crippen LogP contribution in [0.2, 0.25) is 0 Å². The first kappa shape index (κ1) is 16.8. The van der Waals surface area contributed by atoms with Gasteiger partial charge in [-0.3, -0.25) is 9.69 Å². The lowest BCUT2D eigenvalue weighted by Crippen LogP contribution is -2.39. The lowest BCUT2D eigenvalue weighted by atomic mass is 10.2. The highest BCUT2D eigenvalue weighted by atomic mass is 16.5. The van der Waals surface area contributed by atoms with Crippen LogP contribution in [0.25, 0.3) is 0 Å². The zero-order chi connectivity index (χ0) is 17.8. The molecule has 0 atom stereocenters. The van der Waals surface area contributed by atoms with Crippen LogP contribution < -0.4 is 14.5 Å². The predicted molar refractivity (Wildman–Crippen MR) is 95.0 cm³/mol. The Hall–Kier alpha value is -3.06. The first-order valence-corrected chi connectivity index (χ1v) is 7.72. The summed E-state index contributed by atoms with van der Waals surface area (Å²) in [6.07, 6.45) is 0. The fourth-order valence-corrected chi connectivity index (χ4v) is 2.81. The van der Waals surface area contributed by atoms with Gasteiger partial charge < -0.3 is 19.6 Å². The molecule has 0 aliphatic carbocycles. The molecule has 2 aromatic rings. The molecule has 0 unspecified atom stereocenters. The Bertz CT molecular complexity index is 792. The van der Waals surface area contributed by atoms with Crippen molar-refractivity contribution in [2.75, 3.05) is 37.3 Å². The van der Waals surface area contributed by atoms with E-state index in [0.29, 0.717) is 11.4 Å². The van der Waals surface area contributed by atoms with Gasteiger partial charge in [-0.1, -0.05) is 23.4 Å². The van der Waals surface area contributed by atoms with Crippen molar-refractivity contribution in [2.24, 2.45) is 5.16 Å². The summed E-state index contributed by atoms with van der Waals surface area (Å²) >= 11 is 0.